The minimum Gasteiger partial charge on any atom is -0.339 e. The lowest BCUT2D eigenvalue weighted by atomic mass is 9.90. The summed E-state index contributed by atoms with van der Waals surface area (Å²) < 4.78 is 12.5. The van der Waals surface area contributed by atoms with Gasteiger partial charge in [0.1, 0.15) is 55.7 Å². The van der Waals surface area contributed by atoms with E-state index in [1.165, 1.54) is 15.8 Å². The number of hydrogen-bond acceptors (Lipinski definition) is 12. The van der Waals surface area contributed by atoms with E-state index in [0.717, 1.165) is 101 Å². The van der Waals surface area contributed by atoms with Gasteiger partial charge in [-0.2, -0.15) is 15.3 Å². The minimum atomic E-state index is -0.163. The number of carbonyl (C=O) groups excluding carboxylic acids is 1. The summed E-state index contributed by atoms with van der Waals surface area (Å²) in [6, 6.07) is 13.5. The number of fused-ring (bicyclic) bond motifs is 6. The Morgan fingerprint density at radius 2 is 1.18 bits per heavy atom. The average Bonchev–Trinajstić information content (AvgIpc) is 4.16. The summed E-state index contributed by atoms with van der Waals surface area (Å²) in [6.07, 6.45) is 13.2. The van der Waals surface area contributed by atoms with Gasteiger partial charge in [0, 0.05) is 121 Å². The molecule has 10 aromatic heterocycles. The van der Waals surface area contributed by atoms with E-state index in [1.807, 2.05) is 97.4 Å². The number of hydrogen-bond donors (Lipinski definition) is 2. The number of rotatable bonds is 7. The van der Waals surface area contributed by atoms with Crippen molar-refractivity contribution in [2.45, 2.75) is 67.3 Å². The quantitative estimate of drug-likeness (QED) is 0.144. The van der Waals surface area contributed by atoms with Gasteiger partial charge in [-0.1, -0.05) is 20.8 Å². The standard InChI is InChI=1S/C33H36N8O2.C14H14BrN5O.C8H8BrN3/c1-7-22-23(8-9-34-30(22)41-11-10-40-27(32(41)43)13-20-15-33(3,4)16-28(20)40)21-12-25(31(42)38(5)18-21)36-29-14-24-19(2)39(6)37-26(24)17-35-29;1-8-10-5-13(16-6-12(10)18-20(8)3)17-11-4-9(15)7-19(2)14(11)21;1-5-6-3-8(9)10-4-7(6)11-12(5)2/h8-9,12-14,17-18,36H,7,10-11,15-16H2,1-6H3;4-7,17H,1-3H3;3-4H,1-2H3. The van der Waals surface area contributed by atoms with Crippen LogP contribution in [-0.4, -0.2) is 75.4 Å². The maximum Gasteiger partial charge on any atom is 0.276 e. The predicted molar refractivity (Wildman–Crippen MR) is 305 cm³/mol. The molecule has 0 bridgehead atoms. The molecule has 0 saturated carbocycles. The molecule has 0 atom stereocenters. The van der Waals surface area contributed by atoms with Crippen molar-refractivity contribution in [1.29, 1.82) is 0 Å². The summed E-state index contributed by atoms with van der Waals surface area (Å²) in [7, 11) is 9.18. The summed E-state index contributed by atoms with van der Waals surface area (Å²) in [5.74, 6) is 1.86. The normalized spacial score (nSPS) is 13.6. The molecule has 0 spiro atoms. The van der Waals surface area contributed by atoms with Gasteiger partial charge in [-0.15, -0.1) is 0 Å². The number of amides is 1. The molecule has 0 fully saturated rings. The van der Waals surface area contributed by atoms with E-state index < -0.39 is 0 Å². The van der Waals surface area contributed by atoms with Crippen molar-refractivity contribution >= 4 is 99.3 Å². The number of nitrogens with zero attached hydrogens (tertiary/aromatic N) is 14. The van der Waals surface area contributed by atoms with Gasteiger partial charge < -0.3 is 24.3 Å². The Morgan fingerprint density at radius 1 is 0.645 bits per heavy atom. The van der Waals surface area contributed by atoms with Crippen LogP contribution in [0.2, 0.25) is 0 Å². The average molecular weight is 1150 g/mol. The summed E-state index contributed by atoms with van der Waals surface area (Å²) in [6.45, 7) is 14.0. The molecule has 10 aromatic rings. The topological polar surface area (TPSA) is 198 Å². The molecule has 0 aromatic carbocycles. The van der Waals surface area contributed by atoms with Gasteiger partial charge in [-0.3, -0.25) is 33.3 Å². The van der Waals surface area contributed by atoms with Gasteiger partial charge in [0.15, 0.2) is 0 Å². The molecule has 21 heteroatoms. The zero-order valence-electron chi connectivity index (χ0n) is 44.3. The lowest BCUT2D eigenvalue weighted by Gasteiger charge is -2.31. The molecule has 12 rings (SSSR count). The Kier molecular flexibility index (Phi) is 13.6. The van der Waals surface area contributed by atoms with Crippen molar-refractivity contribution in [3.05, 3.63) is 149 Å². The molecule has 0 radical (unpaired) electrons. The maximum absolute atomic E-state index is 13.9. The van der Waals surface area contributed by atoms with Crippen molar-refractivity contribution in [2.24, 2.45) is 40.7 Å². The molecule has 76 heavy (non-hydrogen) atoms. The second-order valence-electron chi connectivity index (χ2n) is 20.3. The van der Waals surface area contributed by atoms with Crippen LogP contribution in [0.15, 0.2) is 98.3 Å². The highest BCUT2D eigenvalue weighted by atomic mass is 79.9. The SMILES string of the molecule is CCc1c(-c2cc(Nc3cc4c(C)n(C)nc4cn3)c(=O)n(C)c2)ccnc1N1CCn2c(cc3c2CC(C)(C)C3)C1=O.Cc1c2cc(Br)ncc2nn1C.Cc1c2cc(Nc3cc(Br)cn(C)c3=O)ncc2nn1C. The second kappa shape index (κ2) is 20.1. The van der Waals surface area contributed by atoms with E-state index in [2.05, 4.69) is 104 Å². The Morgan fingerprint density at radius 3 is 1.76 bits per heavy atom. The fourth-order valence-electron chi connectivity index (χ4n) is 10.2. The van der Waals surface area contributed by atoms with Crippen LogP contribution in [0.25, 0.3) is 43.8 Å². The molecule has 11 heterocycles. The van der Waals surface area contributed by atoms with Crippen LogP contribution in [0, 0.1) is 26.2 Å². The van der Waals surface area contributed by atoms with E-state index in [9.17, 15) is 14.4 Å². The first-order chi connectivity index (χ1) is 36.2. The Balaban J connectivity index is 0.000000163. The highest BCUT2D eigenvalue weighted by molar-refractivity contribution is 9.10. The van der Waals surface area contributed by atoms with Crippen molar-refractivity contribution in [3.63, 3.8) is 0 Å². The number of halogens is 2. The summed E-state index contributed by atoms with van der Waals surface area (Å²) in [5.41, 5.74) is 12.8. The molecule has 0 unspecified atom stereocenters. The number of aromatic nitrogens is 13. The molecule has 1 amide bonds. The maximum atomic E-state index is 13.9. The summed E-state index contributed by atoms with van der Waals surface area (Å²) >= 11 is 6.71. The summed E-state index contributed by atoms with van der Waals surface area (Å²) in [5, 5.41) is 22.6. The third-order valence-corrected chi connectivity index (χ3v) is 15.3. The van der Waals surface area contributed by atoms with Gasteiger partial charge in [-0.25, -0.2) is 19.9 Å². The predicted octanol–water partition coefficient (Wildman–Crippen LogP) is 9.45. The minimum absolute atomic E-state index is 0.00668. The van der Waals surface area contributed by atoms with E-state index >= 15 is 0 Å². The van der Waals surface area contributed by atoms with Crippen LogP contribution in [0.4, 0.5) is 28.8 Å². The van der Waals surface area contributed by atoms with Crippen molar-refractivity contribution in [1.82, 2.24) is 63.0 Å². The lowest BCUT2D eigenvalue weighted by molar-refractivity contribution is 0.0963. The third-order valence-electron chi connectivity index (χ3n) is 14.5. The number of aryl methyl sites for hydroxylation is 8. The molecule has 19 nitrogen and oxygen atoms in total. The first-order valence-electron chi connectivity index (χ1n) is 24.8. The van der Waals surface area contributed by atoms with E-state index in [0.29, 0.717) is 41.8 Å². The summed E-state index contributed by atoms with van der Waals surface area (Å²) in [4.78, 5) is 58.6. The Bertz CT molecular complexity index is 4080. The molecule has 2 aliphatic rings. The largest absolute Gasteiger partial charge is 0.339 e. The van der Waals surface area contributed by atoms with Crippen LogP contribution < -0.4 is 26.7 Å². The number of nitrogens with one attached hydrogen (secondary N) is 2. The zero-order valence-corrected chi connectivity index (χ0v) is 47.5. The monoisotopic (exact) mass is 1150 g/mol. The van der Waals surface area contributed by atoms with Crippen molar-refractivity contribution in [2.75, 3.05) is 22.1 Å². The molecule has 0 saturated heterocycles. The van der Waals surface area contributed by atoms with Crippen LogP contribution in [0.1, 0.15) is 65.2 Å². The van der Waals surface area contributed by atoms with Gasteiger partial charge >= 0.3 is 0 Å². The number of anilines is 5. The van der Waals surface area contributed by atoms with E-state index in [1.54, 1.807) is 55.7 Å². The second-order valence-corrected chi connectivity index (χ2v) is 22.0. The fraction of sp³-hybridized carbons (Fsp3) is 0.309. The van der Waals surface area contributed by atoms with Crippen LogP contribution in [0.5, 0.6) is 0 Å². The molecular weight excluding hydrogens is 1090 g/mol. The van der Waals surface area contributed by atoms with Gasteiger partial charge in [0.2, 0.25) is 0 Å². The lowest BCUT2D eigenvalue weighted by Crippen LogP contribution is -2.41. The van der Waals surface area contributed by atoms with Crippen LogP contribution in [-0.2, 0) is 61.0 Å². The van der Waals surface area contributed by atoms with Gasteiger partial charge in [0.25, 0.3) is 17.0 Å². The molecular formula is C55H58Br2N16O3. The van der Waals surface area contributed by atoms with E-state index in [-0.39, 0.29) is 22.4 Å². The first-order valence-corrected chi connectivity index (χ1v) is 26.4. The first kappa shape index (κ1) is 51.7. The van der Waals surface area contributed by atoms with Crippen LogP contribution in [0.3, 0.4) is 0 Å². The highest BCUT2D eigenvalue weighted by Gasteiger charge is 2.37. The van der Waals surface area contributed by atoms with Gasteiger partial charge in [0.05, 0.1) is 18.6 Å². The van der Waals surface area contributed by atoms with Gasteiger partial charge in [-0.05, 0) is 131 Å². The smallest absolute Gasteiger partial charge is 0.276 e. The zero-order chi connectivity index (χ0) is 54.1. The molecule has 390 valence electrons. The Labute approximate surface area is 454 Å². The fourth-order valence-corrected chi connectivity index (χ4v) is 11.1. The molecule has 1 aliphatic heterocycles. The number of carbonyl (C=O) groups is 1. The van der Waals surface area contributed by atoms with Crippen LogP contribution >= 0.6 is 31.9 Å². The number of pyridine rings is 6. The highest BCUT2D eigenvalue weighted by Crippen LogP contribution is 2.40. The Hall–Kier alpha value is -7.78. The molecule has 2 N–H and O–H groups in total. The van der Waals surface area contributed by atoms with Crippen molar-refractivity contribution in [3.8, 4) is 11.1 Å². The van der Waals surface area contributed by atoms with Crippen molar-refractivity contribution < 1.29 is 4.79 Å². The third kappa shape index (κ3) is 9.72. The van der Waals surface area contributed by atoms with E-state index in [4.69, 9.17) is 4.98 Å². The molecule has 1 aliphatic carbocycles.